The highest BCUT2D eigenvalue weighted by Crippen LogP contribution is 2.25. The molecule has 1 aliphatic carbocycles. The van der Waals surface area contributed by atoms with E-state index in [1.165, 1.54) is 32.0 Å². The normalized spacial score (nSPS) is 14.4. The topological polar surface area (TPSA) is 102 Å². The average Bonchev–Trinajstić information content (AvgIpc) is 2.58. The van der Waals surface area contributed by atoms with Crippen molar-refractivity contribution in [1.29, 1.82) is 0 Å². The predicted octanol–water partition coefficient (Wildman–Crippen LogP) is 2.91. The molecule has 2 rings (SSSR count). The summed E-state index contributed by atoms with van der Waals surface area (Å²) in [7, 11) is 0. The number of anilines is 2. The van der Waals surface area contributed by atoms with Crippen molar-refractivity contribution in [3.63, 3.8) is 0 Å². The summed E-state index contributed by atoms with van der Waals surface area (Å²) in [5, 5.41) is 5.13. The molecular formula is C19H24N2O5. The first kappa shape index (κ1) is 19.6. The fraction of sp³-hybridized carbons (Fsp3) is 0.474. The van der Waals surface area contributed by atoms with Crippen molar-refractivity contribution in [2.45, 2.75) is 46.0 Å². The molecule has 1 aromatic rings. The Balaban J connectivity index is 2.06. The van der Waals surface area contributed by atoms with Crippen molar-refractivity contribution >= 4 is 34.9 Å². The molecule has 2 N–H and O–H groups in total. The summed E-state index contributed by atoms with van der Waals surface area (Å²) >= 11 is 0. The lowest BCUT2D eigenvalue weighted by molar-refractivity contribution is -0.127. The van der Waals surface area contributed by atoms with Crippen LogP contribution in [-0.4, -0.2) is 30.2 Å². The highest BCUT2D eigenvalue weighted by Gasteiger charge is 2.22. The summed E-state index contributed by atoms with van der Waals surface area (Å²) in [6.45, 7) is 2.42. The van der Waals surface area contributed by atoms with E-state index in [0.717, 1.165) is 32.1 Å². The zero-order chi connectivity index (χ0) is 19.1. The van der Waals surface area contributed by atoms with Crippen LogP contribution in [0.15, 0.2) is 18.2 Å². The van der Waals surface area contributed by atoms with Crippen LogP contribution in [0.1, 0.15) is 56.3 Å². The van der Waals surface area contributed by atoms with Gasteiger partial charge in [0.1, 0.15) is 0 Å². The number of nitrogens with one attached hydrogen (secondary N) is 2. The Hall–Kier alpha value is -2.70. The minimum atomic E-state index is -0.673. The first-order valence-corrected chi connectivity index (χ1v) is 8.75. The zero-order valence-corrected chi connectivity index (χ0v) is 15.1. The summed E-state index contributed by atoms with van der Waals surface area (Å²) in [5.41, 5.74) is 0.861. The second-order valence-corrected chi connectivity index (χ2v) is 6.54. The van der Waals surface area contributed by atoms with Crippen LogP contribution in [-0.2, 0) is 19.1 Å². The fourth-order valence-corrected chi connectivity index (χ4v) is 3.06. The van der Waals surface area contributed by atoms with Crippen molar-refractivity contribution in [2.75, 3.05) is 17.2 Å². The second kappa shape index (κ2) is 9.12. The van der Waals surface area contributed by atoms with Gasteiger partial charge in [-0.2, -0.15) is 0 Å². The van der Waals surface area contributed by atoms with Gasteiger partial charge in [-0.1, -0.05) is 19.3 Å². The lowest BCUT2D eigenvalue weighted by atomic mass is 9.86. The number of ether oxygens (including phenoxy) is 1. The Morgan fingerprint density at radius 1 is 0.923 bits per heavy atom. The van der Waals surface area contributed by atoms with E-state index in [2.05, 4.69) is 10.6 Å². The standard InChI is InChI=1S/C19H24N2O5/c1-12(22)20-16-8-15(9-17(10-16)21-13(2)23)19(25)26-11-18(24)14-6-4-3-5-7-14/h8-10,14H,3-7,11H2,1-2H3,(H,20,22)(H,21,23). The summed E-state index contributed by atoms with van der Waals surface area (Å²) < 4.78 is 5.15. The molecule has 0 unspecified atom stereocenters. The molecular weight excluding hydrogens is 336 g/mol. The molecule has 140 valence electrons. The maximum atomic E-state index is 12.3. The van der Waals surface area contributed by atoms with Crippen LogP contribution in [0.5, 0.6) is 0 Å². The Labute approximate surface area is 152 Å². The molecule has 0 radical (unpaired) electrons. The molecule has 0 heterocycles. The number of Topliss-reactive ketones (excluding diaryl/α,β-unsaturated/α-hetero) is 1. The molecule has 0 atom stereocenters. The molecule has 0 aliphatic heterocycles. The maximum Gasteiger partial charge on any atom is 0.338 e. The molecule has 0 aromatic heterocycles. The highest BCUT2D eigenvalue weighted by molar-refractivity contribution is 5.98. The molecule has 7 nitrogen and oxygen atoms in total. The van der Waals surface area contributed by atoms with Crippen LogP contribution < -0.4 is 10.6 Å². The van der Waals surface area contributed by atoms with E-state index >= 15 is 0 Å². The van der Waals surface area contributed by atoms with Gasteiger partial charge < -0.3 is 15.4 Å². The van der Waals surface area contributed by atoms with Crippen LogP contribution in [0.4, 0.5) is 11.4 Å². The summed E-state index contributed by atoms with van der Waals surface area (Å²) in [6, 6.07) is 4.42. The van der Waals surface area contributed by atoms with Gasteiger partial charge >= 0.3 is 5.97 Å². The summed E-state index contributed by atoms with van der Waals surface area (Å²) in [6.07, 6.45) is 4.90. The third kappa shape index (κ3) is 5.98. The average molecular weight is 360 g/mol. The molecule has 0 spiro atoms. The molecule has 0 bridgehead atoms. The molecule has 1 aliphatic rings. The van der Waals surface area contributed by atoms with Gasteiger partial charge in [0, 0.05) is 31.1 Å². The Bertz CT molecular complexity index is 674. The number of hydrogen-bond acceptors (Lipinski definition) is 5. The number of benzene rings is 1. The van der Waals surface area contributed by atoms with Crippen molar-refractivity contribution in [2.24, 2.45) is 5.92 Å². The first-order chi connectivity index (χ1) is 12.3. The predicted molar refractivity (Wildman–Crippen MR) is 96.9 cm³/mol. The lowest BCUT2D eigenvalue weighted by Crippen LogP contribution is -2.24. The van der Waals surface area contributed by atoms with Crippen molar-refractivity contribution in [3.8, 4) is 0 Å². The van der Waals surface area contributed by atoms with Gasteiger partial charge in [-0.15, -0.1) is 0 Å². The van der Waals surface area contributed by atoms with Crippen molar-refractivity contribution in [1.82, 2.24) is 0 Å². The highest BCUT2D eigenvalue weighted by atomic mass is 16.5. The van der Waals surface area contributed by atoms with Crippen LogP contribution in [0, 0.1) is 5.92 Å². The molecule has 0 saturated heterocycles. The van der Waals surface area contributed by atoms with Crippen LogP contribution >= 0.6 is 0 Å². The number of carbonyl (C=O) groups excluding carboxylic acids is 4. The van der Waals surface area contributed by atoms with Crippen LogP contribution in [0.2, 0.25) is 0 Å². The number of esters is 1. The monoisotopic (exact) mass is 360 g/mol. The summed E-state index contributed by atoms with van der Waals surface area (Å²) in [4.78, 5) is 47.0. The Morgan fingerprint density at radius 3 is 1.96 bits per heavy atom. The number of ketones is 1. The van der Waals surface area contributed by atoms with Gasteiger partial charge in [-0.25, -0.2) is 4.79 Å². The van der Waals surface area contributed by atoms with E-state index in [4.69, 9.17) is 4.74 Å². The minimum Gasteiger partial charge on any atom is -0.454 e. The fourth-order valence-electron chi connectivity index (χ4n) is 3.06. The largest absolute Gasteiger partial charge is 0.454 e. The molecule has 26 heavy (non-hydrogen) atoms. The van der Waals surface area contributed by atoms with Gasteiger partial charge in [-0.3, -0.25) is 14.4 Å². The molecule has 1 saturated carbocycles. The number of amides is 2. The Kier molecular flexibility index (Phi) is 6.89. The lowest BCUT2D eigenvalue weighted by Gasteiger charge is -2.20. The van der Waals surface area contributed by atoms with Gasteiger partial charge in [0.25, 0.3) is 0 Å². The van der Waals surface area contributed by atoms with Crippen LogP contribution in [0.25, 0.3) is 0 Å². The number of rotatable bonds is 6. The van der Waals surface area contributed by atoms with E-state index in [-0.39, 0.29) is 35.7 Å². The van der Waals surface area contributed by atoms with Crippen LogP contribution in [0.3, 0.4) is 0 Å². The number of hydrogen-bond donors (Lipinski definition) is 2. The molecule has 1 aromatic carbocycles. The molecule has 7 heteroatoms. The third-order valence-corrected chi connectivity index (χ3v) is 4.22. The molecule has 2 amide bonds. The third-order valence-electron chi connectivity index (χ3n) is 4.22. The summed E-state index contributed by atoms with van der Waals surface area (Å²) in [5.74, 6) is -1.38. The van der Waals surface area contributed by atoms with E-state index in [9.17, 15) is 19.2 Å². The van der Waals surface area contributed by atoms with E-state index < -0.39 is 5.97 Å². The minimum absolute atomic E-state index is 0.0304. The van der Waals surface area contributed by atoms with Crippen molar-refractivity contribution in [3.05, 3.63) is 23.8 Å². The quantitative estimate of drug-likeness (QED) is 0.760. The van der Waals surface area contributed by atoms with Gasteiger partial charge in [0.05, 0.1) is 5.56 Å². The van der Waals surface area contributed by atoms with Gasteiger partial charge in [-0.05, 0) is 31.0 Å². The SMILES string of the molecule is CC(=O)Nc1cc(NC(C)=O)cc(C(=O)OCC(=O)C2CCCCC2)c1. The van der Waals surface area contributed by atoms with Crippen molar-refractivity contribution < 1.29 is 23.9 Å². The first-order valence-electron chi connectivity index (χ1n) is 8.75. The Morgan fingerprint density at radius 2 is 1.46 bits per heavy atom. The van der Waals surface area contributed by atoms with E-state index in [1.807, 2.05) is 0 Å². The van der Waals surface area contributed by atoms with E-state index in [0.29, 0.717) is 11.4 Å². The number of carbonyl (C=O) groups is 4. The maximum absolute atomic E-state index is 12.3. The second-order valence-electron chi connectivity index (χ2n) is 6.54. The van der Waals surface area contributed by atoms with E-state index in [1.54, 1.807) is 0 Å². The van der Waals surface area contributed by atoms with Gasteiger partial charge in [0.2, 0.25) is 11.8 Å². The van der Waals surface area contributed by atoms with Gasteiger partial charge in [0.15, 0.2) is 12.4 Å². The zero-order valence-electron chi connectivity index (χ0n) is 15.1. The smallest absolute Gasteiger partial charge is 0.338 e. The molecule has 1 fully saturated rings.